The minimum Gasteiger partial charge on any atom is -0.506 e. The molecule has 15 heavy (non-hydrogen) atoms. The molecule has 0 aromatic heterocycles. The Balaban J connectivity index is 3.49. The minimum atomic E-state index is -1.54. The van der Waals surface area contributed by atoms with Crippen LogP contribution >= 0.6 is 11.6 Å². The number of rotatable bonds is 2. The molecule has 0 atom stereocenters. The molecule has 0 spiro atoms. The molecule has 0 fully saturated rings. The van der Waals surface area contributed by atoms with Crippen molar-refractivity contribution in [2.45, 2.75) is 13.8 Å². The van der Waals surface area contributed by atoms with Crippen LogP contribution in [-0.2, 0) is 4.79 Å². The number of halogens is 1. The molecule has 0 aliphatic carbocycles. The van der Waals surface area contributed by atoms with Gasteiger partial charge in [-0.2, -0.15) is 0 Å². The van der Waals surface area contributed by atoms with Gasteiger partial charge in [0, 0.05) is 5.56 Å². The lowest BCUT2D eigenvalue weighted by molar-refractivity contribution is -0.131. The molecule has 0 unspecified atom stereocenters. The number of aliphatic carboxylic acids is 1. The Morgan fingerprint density at radius 3 is 2.33 bits per heavy atom. The van der Waals surface area contributed by atoms with Crippen LogP contribution in [0.3, 0.4) is 0 Å². The number of carboxylic acids is 1. The standard InChI is InChI=1S/C10H9ClO4/c1-4-3-6(12)8(11)5(2)7(4)9(13)10(14)15/h3,12H,1-2H3,(H,14,15). The average molecular weight is 229 g/mol. The number of ketones is 1. The van der Waals surface area contributed by atoms with Crippen LogP contribution < -0.4 is 0 Å². The average Bonchev–Trinajstić information content (AvgIpc) is 2.14. The van der Waals surface area contributed by atoms with Crippen molar-refractivity contribution in [1.29, 1.82) is 0 Å². The van der Waals surface area contributed by atoms with Crippen LogP contribution in [0.1, 0.15) is 21.5 Å². The van der Waals surface area contributed by atoms with Crippen molar-refractivity contribution >= 4 is 23.4 Å². The second-order valence-corrected chi connectivity index (χ2v) is 3.54. The maximum atomic E-state index is 11.3. The SMILES string of the molecule is Cc1cc(O)c(Cl)c(C)c1C(=O)C(=O)O. The predicted octanol–water partition coefficient (Wildman–Crippen LogP) is 1.93. The van der Waals surface area contributed by atoms with E-state index in [2.05, 4.69) is 0 Å². The molecule has 5 heteroatoms. The van der Waals surface area contributed by atoms with E-state index in [9.17, 15) is 14.7 Å². The maximum Gasteiger partial charge on any atom is 0.377 e. The van der Waals surface area contributed by atoms with Crippen LogP contribution in [0.4, 0.5) is 0 Å². The Hall–Kier alpha value is -1.55. The van der Waals surface area contributed by atoms with Gasteiger partial charge in [-0.1, -0.05) is 11.6 Å². The Morgan fingerprint density at radius 1 is 1.33 bits per heavy atom. The highest BCUT2D eigenvalue weighted by atomic mass is 35.5. The number of hydrogen-bond donors (Lipinski definition) is 2. The van der Waals surface area contributed by atoms with Gasteiger partial charge in [-0.15, -0.1) is 0 Å². The molecule has 1 rings (SSSR count). The summed E-state index contributed by atoms with van der Waals surface area (Å²) in [5, 5.41) is 17.9. The van der Waals surface area contributed by atoms with Crippen LogP contribution in [0.5, 0.6) is 5.75 Å². The summed E-state index contributed by atoms with van der Waals surface area (Å²) in [5.41, 5.74) is 0.702. The first-order chi connectivity index (χ1) is 6.86. The van der Waals surface area contributed by atoms with Crippen LogP contribution in [0.2, 0.25) is 5.02 Å². The fraction of sp³-hybridized carbons (Fsp3) is 0.200. The van der Waals surface area contributed by atoms with E-state index in [-0.39, 0.29) is 21.9 Å². The summed E-state index contributed by atoms with van der Waals surface area (Å²) in [4.78, 5) is 21.9. The first-order valence-corrected chi connectivity index (χ1v) is 4.50. The van der Waals surface area contributed by atoms with Gasteiger partial charge in [0.1, 0.15) is 5.75 Å². The summed E-state index contributed by atoms with van der Waals surface area (Å²) in [5.74, 6) is -2.72. The summed E-state index contributed by atoms with van der Waals surface area (Å²) < 4.78 is 0. The van der Waals surface area contributed by atoms with E-state index in [1.54, 1.807) is 6.92 Å². The molecule has 0 bridgehead atoms. The van der Waals surface area contributed by atoms with Gasteiger partial charge in [-0.05, 0) is 31.0 Å². The fourth-order valence-corrected chi connectivity index (χ4v) is 1.54. The highest BCUT2D eigenvalue weighted by Gasteiger charge is 2.22. The van der Waals surface area contributed by atoms with E-state index in [1.165, 1.54) is 13.0 Å². The Morgan fingerprint density at radius 2 is 1.87 bits per heavy atom. The third-order valence-corrected chi connectivity index (χ3v) is 2.58. The van der Waals surface area contributed by atoms with Crippen molar-refractivity contribution in [1.82, 2.24) is 0 Å². The maximum absolute atomic E-state index is 11.3. The number of hydrogen-bond acceptors (Lipinski definition) is 3. The molecular formula is C10H9ClO4. The zero-order valence-electron chi connectivity index (χ0n) is 8.17. The van der Waals surface area contributed by atoms with Crippen LogP contribution in [0.25, 0.3) is 0 Å². The molecule has 1 aromatic carbocycles. The molecule has 4 nitrogen and oxygen atoms in total. The van der Waals surface area contributed by atoms with E-state index in [0.717, 1.165) is 0 Å². The molecule has 0 saturated heterocycles. The minimum absolute atomic E-state index is 0.00481. The van der Waals surface area contributed by atoms with E-state index in [4.69, 9.17) is 16.7 Å². The van der Waals surface area contributed by atoms with Gasteiger partial charge in [-0.25, -0.2) is 4.79 Å². The lowest BCUT2D eigenvalue weighted by Gasteiger charge is -2.09. The van der Waals surface area contributed by atoms with Crippen molar-refractivity contribution in [2.75, 3.05) is 0 Å². The van der Waals surface area contributed by atoms with E-state index in [1.807, 2.05) is 0 Å². The molecule has 0 saturated carbocycles. The smallest absolute Gasteiger partial charge is 0.377 e. The second kappa shape index (κ2) is 3.90. The molecular weight excluding hydrogens is 220 g/mol. The number of phenols is 1. The van der Waals surface area contributed by atoms with E-state index in [0.29, 0.717) is 5.56 Å². The molecule has 1 aromatic rings. The zero-order chi connectivity index (χ0) is 11.7. The number of aryl methyl sites for hydroxylation is 1. The molecule has 2 N–H and O–H groups in total. The molecule has 0 heterocycles. The van der Waals surface area contributed by atoms with Gasteiger partial charge >= 0.3 is 5.97 Å². The van der Waals surface area contributed by atoms with Crippen LogP contribution in [0, 0.1) is 13.8 Å². The number of carbonyl (C=O) groups excluding carboxylic acids is 1. The Bertz CT molecular complexity index is 451. The lowest BCUT2D eigenvalue weighted by Crippen LogP contribution is -2.15. The number of carboxylic acid groups (broad SMARTS) is 1. The summed E-state index contributed by atoms with van der Waals surface area (Å²) in [6, 6.07) is 1.27. The number of carbonyl (C=O) groups is 2. The molecule has 0 aliphatic heterocycles. The normalized spacial score (nSPS) is 10.1. The topological polar surface area (TPSA) is 74.6 Å². The van der Waals surface area contributed by atoms with E-state index < -0.39 is 11.8 Å². The zero-order valence-corrected chi connectivity index (χ0v) is 8.92. The highest BCUT2D eigenvalue weighted by Crippen LogP contribution is 2.31. The number of phenolic OH excluding ortho intramolecular Hbond substituents is 1. The van der Waals surface area contributed by atoms with Gasteiger partial charge in [0.25, 0.3) is 5.78 Å². The summed E-state index contributed by atoms with van der Waals surface area (Å²) in [6.07, 6.45) is 0. The van der Waals surface area contributed by atoms with Gasteiger partial charge < -0.3 is 10.2 Å². The van der Waals surface area contributed by atoms with Crippen molar-refractivity contribution in [2.24, 2.45) is 0 Å². The van der Waals surface area contributed by atoms with Gasteiger partial charge in [0.15, 0.2) is 0 Å². The monoisotopic (exact) mass is 228 g/mol. The predicted molar refractivity (Wildman–Crippen MR) is 54.6 cm³/mol. The molecule has 0 radical (unpaired) electrons. The molecule has 80 valence electrons. The van der Waals surface area contributed by atoms with Crippen molar-refractivity contribution < 1.29 is 19.8 Å². The first kappa shape index (κ1) is 11.5. The Kier molecular flexibility index (Phi) is 3.00. The third kappa shape index (κ3) is 1.94. The van der Waals surface area contributed by atoms with Crippen LogP contribution in [-0.4, -0.2) is 22.0 Å². The summed E-state index contributed by atoms with van der Waals surface area (Å²) >= 11 is 5.71. The first-order valence-electron chi connectivity index (χ1n) is 4.12. The largest absolute Gasteiger partial charge is 0.506 e. The Labute approximate surface area is 91.1 Å². The third-order valence-electron chi connectivity index (χ3n) is 2.10. The summed E-state index contributed by atoms with van der Waals surface area (Å²) in [6.45, 7) is 3.03. The van der Waals surface area contributed by atoms with Gasteiger partial charge in [-0.3, -0.25) is 4.79 Å². The van der Waals surface area contributed by atoms with Gasteiger partial charge in [0.05, 0.1) is 5.02 Å². The van der Waals surface area contributed by atoms with Crippen molar-refractivity contribution in [3.63, 3.8) is 0 Å². The number of benzene rings is 1. The van der Waals surface area contributed by atoms with Crippen molar-refractivity contribution in [3.8, 4) is 5.75 Å². The fourth-order valence-electron chi connectivity index (χ4n) is 1.39. The quantitative estimate of drug-likeness (QED) is 0.599. The second-order valence-electron chi connectivity index (χ2n) is 3.16. The summed E-state index contributed by atoms with van der Waals surface area (Å²) in [7, 11) is 0. The van der Waals surface area contributed by atoms with Crippen molar-refractivity contribution in [3.05, 3.63) is 27.8 Å². The highest BCUT2D eigenvalue weighted by molar-refractivity contribution is 6.42. The van der Waals surface area contributed by atoms with Crippen LogP contribution in [0.15, 0.2) is 6.07 Å². The lowest BCUT2D eigenvalue weighted by atomic mass is 9.98. The van der Waals surface area contributed by atoms with Gasteiger partial charge in [0.2, 0.25) is 0 Å². The number of aromatic hydroxyl groups is 1. The van der Waals surface area contributed by atoms with E-state index >= 15 is 0 Å². The molecule has 0 amide bonds. The molecule has 0 aliphatic rings. The number of Topliss-reactive ketones (excluding diaryl/α,β-unsaturated/α-hetero) is 1.